The second-order valence-corrected chi connectivity index (χ2v) is 7.51. The predicted molar refractivity (Wildman–Crippen MR) is 116 cm³/mol. The quantitative estimate of drug-likeness (QED) is 0.583. The van der Waals surface area contributed by atoms with Gasteiger partial charge < -0.3 is 24.3 Å². The van der Waals surface area contributed by atoms with Crippen LogP contribution >= 0.6 is 11.8 Å². The van der Waals surface area contributed by atoms with Gasteiger partial charge in [0.15, 0.2) is 11.5 Å². The third kappa shape index (κ3) is 4.44. The molecule has 31 heavy (non-hydrogen) atoms. The molecule has 0 bridgehead atoms. The maximum absolute atomic E-state index is 12.5. The van der Waals surface area contributed by atoms with Crippen LogP contribution in [0.1, 0.15) is 5.56 Å². The van der Waals surface area contributed by atoms with Gasteiger partial charge in [0, 0.05) is 17.5 Å². The van der Waals surface area contributed by atoms with Gasteiger partial charge >= 0.3 is 0 Å². The summed E-state index contributed by atoms with van der Waals surface area (Å²) >= 11 is 1.18. The first-order chi connectivity index (χ1) is 15.1. The van der Waals surface area contributed by atoms with Gasteiger partial charge in [0.2, 0.25) is 5.91 Å². The number of rotatable bonds is 6. The maximum Gasteiger partial charge on any atom is 0.234 e. The Morgan fingerprint density at radius 3 is 2.65 bits per heavy atom. The molecular weight excluding hydrogens is 418 g/mol. The molecule has 2 aromatic carbocycles. The highest BCUT2D eigenvalue weighted by molar-refractivity contribution is 8.00. The lowest BCUT2D eigenvalue weighted by Crippen LogP contribution is -2.15. The minimum atomic E-state index is -0.260. The lowest BCUT2D eigenvalue weighted by atomic mass is 10.1. The largest absolute Gasteiger partial charge is 0.497 e. The van der Waals surface area contributed by atoms with E-state index in [0.29, 0.717) is 58.0 Å². The van der Waals surface area contributed by atoms with Gasteiger partial charge in [-0.1, -0.05) is 11.8 Å². The Hall–Kier alpha value is -3.64. The molecule has 2 heterocycles. The van der Waals surface area contributed by atoms with Crippen molar-refractivity contribution in [2.75, 3.05) is 38.5 Å². The highest BCUT2D eigenvalue weighted by Crippen LogP contribution is 2.36. The zero-order chi connectivity index (χ0) is 21.8. The van der Waals surface area contributed by atoms with Crippen LogP contribution in [0.2, 0.25) is 0 Å². The molecule has 1 aliphatic rings. The Morgan fingerprint density at radius 1 is 1.16 bits per heavy atom. The second-order valence-electron chi connectivity index (χ2n) is 6.54. The summed E-state index contributed by atoms with van der Waals surface area (Å²) < 4.78 is 21.7. The van der Waals surface area contributed by atoms with E-state index >= 15 is 0 Å². The number of aromatic nitrogens is 1. The van der Waals surface area contributed by atoms with Gasteiger partial charge in [0.05, 0.1) is 36.7 Å². The lowest BCUT2D eigenvalue weighted by molar-refractivity contribution is -0.113. The molecule has 0 saturated heterocycles. The molecule has 1 amide bonds. The maximum atomic E-state index is 12.5. The number of hydrogen-bond acceptors (Lipinski definition) is 8. The Kier molecular flexibility index (Phi) is 6.00. The van der Waals surface area contributed by atoms with Gasteiger partial charge in [-0.3, -0.25) is 4.79 Å². The van der Waals surface area contributed by atoms with Crippen molar-refractivity contribution in [1.82, 2.24) is 4.98 Å². The van der Waals surface area contributed by atoms with Crippen molar-refractivity contribution in [3.05, 3.63) is 42.0 Å². The van der Waals surface area contributed by atoms with Crippen molar-refractivity contribution < 1.29 is 23.7 Å². The summed E-state index contributed by atoms with van der Waals surface area (Å²) in [4.78, 5) is 17.1. The number of nitriles is 1. The number of ether oxygens (including phenoxy) is 4. The van der Waals surface area contributed by atoms with Gasteiger partial charge in [-0.15, -0.1) is 0 Å². The number of fused-ring (bicyclic) bond motifs is 2. The molecule has 0 atom stereocenters. The second kappa shape index (κ2) is 9.02. The van der Waals surface area contributed by atoms with E-state index < -0.39 is 0 Å². The summed E-state index contributed by atoms with van der Waals surface area (Å²) in [5.74, 6) is 2.18. The Bertz CT molecular complexity index is 1190. The summed E-state index contributed by atoms with van der Waals surface area (Å²) in [7, 11) is 3.07. The Morgan fingerprint density at radius 2 is 1.94 bits per heavy atom. The number of nitrogens with one attached hydrogen (secondary N) is 1. The summed E-state index contributed by atoms with van der Waals surface area (Å²) in [6.07, 6.45) is 0. The van der Waals surface area contributed by atoms with Crippen molar-refractivity contribution >= 4 is 34.3 Å². The van der Waals surface area contributed by atoms with E-state index in [9.17, 15) is 10.1 Å². The summed E-state index contributed by atoms with van der Waals surface area (Å²) in [6, 6.07) is 12.6. The highest BCUT2D eigenvalue weighted by Gasteiger charge is 2.17. The molecule has 1 N–H and O–H groups in total. The van der Waals surface area contributed by atoms with E-state index in [1.807, 2.05) is 6.07 Å². The van der Waals surface area contributed by atoms with Crippen LogP contribution < -0.4 is 24.3 Å². The summed E-state index contributed by atoms with van der Waals surface area (Å²) in [5, 5.41) is 13.6. The van der Waals surface area contributed by atoms with E-state index in [2.05, 4.69) is 16.4 Å². The standard InChI is InChI=1S/C22H19N3O5S/c1-27-15-3-4-18(28-2)17(9-15)24-21(26)12-31-22-14(11-23)7-13-8-19-20(10-16(13)25-22)30-6-5-29-19/h3-4,7-10H,5-6,12H2,1-2H3,(H,24,26). The number of hydrogen-bond donors (Lipinski definition) is 1. The molecule has 0 aliphatic carbocycles. The first-order valence-corrected chi connectivity index (χ1v) is 10.4. The number of benzene rings is 2. The fourth-order valence-corrected chi connectivity index (χ4v) is 3.88. The Labute approximate surface area is 183 Å². The van der Waals surface area contributed by atoms with Crippen molar-refractivity contribution in [1.29, 1.82) is 5.26 Å². The van der Waals surface area contributed by atoms with Crippen LogP contribution in [0.5, 0.6) is 23.0 Å². The third-order valence-electron chi connectivity index (χ3n) is 4.58. The topological polar surface area (TPSA) is 103 Å². The molecule has 0 saturated carbocycles. The van der Waals surface area contributed by atoms with E-state index in [4.69, 9.17) is 18.9 Å². The fraction of sp³-hybridized carbons (Fsp3) is 0.227. The molecule has 1 aliphatic heterocycles. The van der Waals surface area contributed by atoms with Crippen molar-refractivity contribution in [3.63, 3.8) is 0 Å². The number of amides is 1. The van der Waals surface area contributed by atoms with Gasteiger partial charge in [-0.05, 0) is 24.3 Å². The lowest BCUT2D eigenvalue weighted by Gasteiger charge is -2.19. The SMILES string of the molecule is COc1ccc(OC)c(NC(=O)CSc2nc3cc4c(cc3cc2C#N)OCCO4)c1. The molecule has 0 fully saturated rings. The van der Waals surface area contributed by atoms with Crippen LogP contribution in [0.4, 0.5) is 5.69 Å². The molecule has 158 valence electrons. The number of anilines is 1. The normalized spacial score (nSPS) is 12.2. The number of thioether (sulfide) groups is 1. The number of nitrogens with zero attached hydrogens (tertiary/aromatic N) is 2. The van der Waals surface area contributed by atoms with Crippen LogP contribution in [0, 0.1) is 11.3 Å². The molecule has 1 aromatic heterocycles. The zero-order valence-electron chi connectivity index (χ0n) is 16.9. The smallest absolute Gasteiger partial charge is 0.234 e. The molecular formula is C22H19N3O5S. The van der Waals surface area contributed by atoms with Crippen molar-refractivity contribution in [3.8, 4) is 29.1 Å². The summed E-state index contributed by atoms with van der Waals surface area (Å²) in [5.41, 5.74) is 1.56. The monoisotopic (exact) mass is 437 g/mol. The molecule has 4 rings (SSSR count). The molecule has 0 radical (unpaired) electrons. The average molecular weight is 437 g/mol. The van der Waals surface area contributed by atoms with E-state index in [1.165, 1.54) is 18.9 Å². The molecule has 0 unspecified atom stereocenters. The fourth-order valence-electron chi connectivity index (χ4n) is 3.12. The van der Waals surface area contributed by atoms with Crippen LogP contribution in [0.25, 0.3) is 10.9 Å². The van der Waals surface area contributed by atoms with Gasteiger partial charge in [0.25, 0.3) is 0 Å². The van der Waals surface area contributed by atoms with Crippen LogP contribution in [0.3, 0.4) is 0 Å². The van der Waals surface area contributed by atoms with Crippen LogP contribution in [-0.2, 0) is 4.79 Å². The number of pyridine rings is 1. The minimum Gasteiger partial charge on any atom is -0.497 e. The van der Waals surface area contributed by atoms with Gasteiger partial charge in [0.1, 0.15) is 35.8 Å². The number of carbonyl (C=O) groups is 1. The minimum absolute atomic E-state index is 0.0676. The number of methoxy groups -OCH3 is 2. The van der Waals surface area contributed by atoms with Gasteiger partial charge in [-0.25, -0.2) is 4.98 Å². The third-order valence-corrected chi connectivity index (χ3v) is 5.58. The van der Waals surface area contributed by atoms with E-state index in [0.717, 1.165) is 5.39 Å². The zero-order valence-corrected chi connectivity index (χ0v) is 17.7. The van der Waals surface area contributed by atoms with Crippen molar-refractivity contribution in [2.24, 2.45) is 0 Å². The summed E-state index contributed by atoms with van der Waals surface area (Å²) in [6.45, 7) is 0.961. The molecule has 0 spiro atoms. The van der Waals surface area contributed by atoms with Crippen LogP contribution in [-0.4, -0.2) is 44.1 Å². The Balaban J connectivity index is 1.53. The predicted octanol–water partition coefficient (Wildman–Crippen LogP) is 3.63. The molecule has 8 nitrogen and oxygen atoms in total. The first-order valence-electron chi connectivity index (χ1n) is 9.40. The highest BCUT2D eigenvalue weighted by atomic mass is 32.2. The van der Waals surface area contributed by atoms with E-state index in [1.54, 1.807) is 37.4 Å². The van der Waals surface area contributed by atoms with Crippen LogP contribution in [0.15, 0.2) is 41.4 Å². The molecule has 3 aromatic rings. The van der Waals surface area contributed by atoms with E-state index in [-0.39, 0.29) is 11.7 Å². The van der Waals surface area contributed by atoms with Crippen molar-refractivity contribution in [2.45, 2.75) is 5.03 Å². The number of carbonyl (C=O) groups excluding carboxylic acids is 1. The average Bonchev–Trinajstić information content (AvgIpc) is 2.80. The first kappa shape index (κ1) is 20.6. The molecule has 9 heteroatoms. The van der Waals surface area contributed by atoms with Gasteiger partial charge in [-0.2, -0.15) is 5.26 Å².